The van der Waals surface area contributed by atoms with Crippen molar-refractivity contribution in [3.05, 3.63) is 82.9 Å². The van der Waals surface area contributed by atoms with Gasteiger partial charge in [-0.15, -0.1) is 0 Å². The molecule has 0 saturated carbocycles. The van der Waals surface area contributed by atoms with E-state index in [4.69, 9.17) is 9.47 Å². The number of pyridine rings is 1. The number of benzene rings is 2. The highest BCUT2D eigenvalue weighted by molar-refractivity contribution is 6.08. The van der Waals surface area contributed by atoms with Gasteiger partial charge in [0.2, 0.25) is 0 Å². The van der Waals surface area contributed by atoms with E-state index in [0.29, 0.717) is 40.5 Å². The summed E-state index contributed by atoms with van der Waals surface area (Å²) in [7, 11) is 1.55. The zero-order valence-electron chi connectivity index (χ0n) is 18.2. The highest BCUT2D eigenvalue weighted by atomic mass is 16.5. The average molecular weight is 444 g/mol. The Morgan fingerprint density at radius 1 is 1.15 bits per heavy atom. The van der Waals surface area contributed by atoms with E-state index in [-0.39, 0.29) is 17.6 Å². The molecule has 5 rings (SSSR count). The first-order valence-corrected chi connectivity index (χ1v) is 10.9. The Balaban J connectivity index is 1.60. The zero-order chi connectivity index (χ0) is 22.8. The first kappa shape index (κ1) is 21.0. The topological polar surface area (TPSA) is 87.4 Å². The molecule has 2 aromatic rings. The van der Waals surface area contributed by atoms with E-state index < -0.39 is 0 Å². The van der Waals surface area contributed by atoms with Crippen LogP contribution in [0.2, 0.25) is 0 Å². The largest absolute Gasteiger partial charge is 0.495 e. The Hall–Kier alpha value is -3.91. The van der Waals surface area contributed by atoms with Gasteiger partial charge in [-0.2, -0.15) is 9.78 Å². The quantitative estimate of drug-likeness (QED) is 0.491. The number of methoxy groups -OCH3 is 1. The number of amides is 1. The van der Waals surface area contributed by atoms with Crippen molar-refractivity contribution in [3.63, 3.8) is 0 Å². The van der Waals surface area contributed by atoms with Gasteiger partial charge < -0.3 is 19.4 Å². The van der Waals surface area contributed by atoms with Crippen molar-refractivity contribution in [1.82, 2.24) is 14.3 Å². The molecule has 0 spiro atoms. The lowest BCUT2D eigenvalue weighted by Crippen LogP contribution is -2.21. The number of hydrogen-bond donors (Lipinski definition) is 1. The van der Waals surface area contributed by atoms with Gasteiger partial charge in [0.25, 0.3) is 11.5 Å². The molecule has 2 aromatic carbocycles. The molecule has 1 saturated heterocycles. The number of nitrogens with one attached hydrogen (secondary N) is 1. The van der Waals surface area contributed by atoms with Gasteiger partial charge in [-0.1, -0.05) is 30.3 Å². The predicted molar refractivity (Wildman–Crippen MR) is 124 cm³/mol. The number of para-hydroxylation sites is 3. The van der Waals surface area contributed by atoms with Gasteiger partial charge in [0.1, 0.15) is 11.4 Å². The summed E-state index contributed by atoms with van der Waals surface area (Å²) >= 11 is 0. The number of aromatic nitrogens is 3. The second-order valence-corrected chi connectivity index (χ2v) is 7.97. The second-order valence-electron chi connectivity index (χ2n) is 7.97. The fraction of sp³-hybridized carbons (Fsp3) is 0.240. The fourth-order valence-electron chi connectivity index (χ4n) is 4.14. The van der Waals surface area contributed by atoms with Crippen LogP contribution in [-0.2, 0) is 11.3 Å². The minimum absolute atomic E-state index is 0.0526. The Morgan fingerprint density at radius 2 is 1.94 bits per heavy atom. The molecule has 8 nitrogen and oxygen atoms in total. The third-order valence-corrected chi connectivity index (χ3v) is 5.76. The number of hydrogen-bond acceptors (Lipinski definition) is 5. The van der Waals surface area contributed by atoms with Crippen LogP contribution < -0.4 is 15.6 Å². The second kappa shape index (κ2) is 8.91. The van der Waals surface area contributed by atoms with Crippen LogP contribution in [0, 0.1) is 0 Å². The number of carbonyl (C=O) groups excluding carboxylic acids is 1. The minimum Gasteiger partial charge on any atom is -0.495 e. The smallest absolute Gasteiger partial charge is 0.282 e. The predicted octanol–water partition coefficient (Wildman–Crippen LogP) is 3.58. The van der Waals surface area contributed by atoms with Crippen molar-refractivity contribution in [1.29, 1.82) is 0 Å². The molecular formula is C25H24N4O4. The molecule has 1 fully saturated rings. The van der Waals surface area contributed by atoms with Crippen LogP contribution >= 0.6 is 0 Å². The summed E-state index contributed by atoms with van der Waals surface area (Å²) in [6.07, 6.45) is 5.49. The molecule has 0 bridgehead atoms. The average Bonchev–Trinajstić information content (AvgIpc) is 3.47. The summed E-state index contributed by atoms with van der Waals surface area (Å²) < 4.78 is 14.3. The van der Waals surface area contributed by atoms with E-state index >= 15 is 0 Å². The molecule has 3 heterocycles. The maximum Gasteiger partial charge on any atom is 0.282 e. The molecule has 0 aromatic heterocycles. The Bertz CT molecular complexity index is 1310. The monoisotopic (exact) mass is 444 g/mol. The molecule has 33 heavy (non-hydrogen) atoms. The highest BCUT2D eigenvalue weighted by Gasteiger charge is 2.26. The van der Waals surface area contributed by atoms with Crippen molar-refractivity contribution < 1.29 is 14.3 Å². The van der Waals surface area contributed by atoms with Crippen LogP contribution in [-0.4, -0.2) is 40.1 Å². The molecule has 1 amide bonds. The van der Waals surface area contributed by atoms with Crippen molar-refractivity contribution in [2.45, 2.75) is 25.5 Å². The van der Waals surface area contributed by atoms with Gasteiger partial charge in [0.15, 0.2) is 0 Å². The van der Waals surface area contributed by atoms with Crippen LogP contribution in [0.5, 0.6) is 5.75 Å². The first-order chi connectivity index (χ1) is 16.1. The molecule has 168 valence electrons. The van der Waals surface area contributed by atoms with E-state index in [1.54, 1.807) is 31.6 Å². The normalized spacial score (nSPS) is 15.6. The van der Waals surface area contributed by atoms with Crippen molar-refractivity contribution in [3.8, 4) is 22.7 Å². The van der Waals surface area contributed by atoms with Gasteiger partial charge >= 0.3 is 0 Å². The summed E-state index contributed by atoms with van der Waals surface area (Å²) in [5.74, 6) is 0.175. The van der Waals surface area contributed by atoms with E-state index in [1.165, 1.54) is 4.68 Å². The molecule has 0 aliphatic carbocycles. The van der Waals surface area contributed by atoms with Gasteiger partial charge in [-0.3, -0.25) is 9.59 Å². The van der Waals surface area contributed by atoms with Crippen molar-refractivity contribution in [2.75, 3.05) is 19.0 Å². The molecular weight excluding hydrogens is 420 g/mol. The van der Waals surface area contributed by atoms with Crippen LogP contribution in [0.15, 0.2) is 71.8 Å². The van der Waals surface area contributed by atoms with E-state index in [0.717, 1.165) is 19.4 Å². The molecule has 1 N–H and O–H groups in total. The summed E-state index contributed by atoms with van der Waals surface area (Å²) in [6, 6.07) is 16.4. The summed E-state index contributed by atoms with van der Waals surface area (Å²) in [4.78, 5) is 26.6. The van der Waals surface area contributed by atoms with Crippen LogP contribution in [0.25, 0.3) is 16.9 Å². The van der Waals surface area contributed by atoms with Gasteiger partial charge in [0, 0.05) is 25.5 Å². The number of rotatable bonds is 6. The third-order valence-electron chi connectivity index (χ3n) is 5.76. The number of nitrogens with zero attached hydrogens (tertiary/aromatic N) is 3. The van der Waals surface area contributed by atoms with E-state index in [9.17, 15) is 9.59 Å². The van der Waals surface area contributed by atoms with Crippen LogP contribution in [0.4, 0.5) is 5.69 Å². The molecule has 3 aliphatic heterocycles. The third kappa shape index (κ3) is 4.12. The maximum atomic E-state index is 13.4. The minimum atomic E-state index is -0.371. The number of fused-ring (bicyclic) bond motifs is 1. The molecule has 1 atom stereocenters. The molecule has 0 unspecified atom stereocenters. The van der Waals surface area contributed by atoms with Crippen molar-refractivity contribution >= 4 is 11.6 Å². The Labute approximate surface area is 190 Å². The number of carbonyl (C=O) groups is 1. The van der Waals surface area contributed by atoms with Gasteiger partial charge in [-0.05, 0) is 37.1 Å². The lowest BCUT2D eigenvalue weighted by atomic mass is 10.1. The molecule has 8 heteroatoms. The SMILES string of the molecule is COc1ccccc1NC(=O)c1cn(C[C@@H]2CCCO2)cc2c(=O)n(-c3ccccc3)nc1-2. The van der Waals surface area contributed by atoms with E-state index in [1.807, 2.05) is 47.0 Å². The number of ether oxygens (including phenoxy) is 2. The standard InChI is InChI=1S/C25H24N4O4/c1-32-22-12-6-5-11-21(22)26-24(30)19-15-28(14-18-10-7-13-33-18)16-20-23(19)27-29(25(20)31)17-8-3-2-4-9-17/h2-6,8-9,11-12,15-16,18H,7,10,13-14H2,1H3,(H,26,30)/t18-/m0/s1. The lowest BCUT2D eigenvalue weighted by Gasteiger charge is -2.16. The van der Waals surface area contributed by atoms with Crippen LogP contribution in [0.1, 0.15) is 23.2 Å². The lowest BCUT2D eigenvalue weighted by molar-refractivity contribution is 0.0961. The summed E-state index contributed by atoms with van der Waals surface area (Å²) in [5.41, 5.74) is 1.94. The number of anilines is 1. The van der Waals surface area contributed by atoms with Gasteiger partial charge in [-0.25, -0.2) is 0 Å². The van der Waals surface area contributed by atoms with Crippen molar-refractivity contribution in [2.24, 2.45) is 0 Å². The fourth-order valence-corrected chi connectivity index (χ4v) is 4.14. The maximum absolute atomic E-state index is 13.4. The summed E-state index contributed by atoms with van der Waals surface area (Å²) in [5, 5.41) is 7.43. The first-order valence-electron chi connectivity index (χ1n) is 10.9. The Morgan fingerprint density at radius 3 is 2.70 bits per heavy atom. The van der Waals surface area contributed by atoms with E-state index in [2.05, 4.69) is 10.4 Å². The summed E-state index contributed by atoms with van der Waals surface area (Å²) in [6.45, 7) is 1.29. The van der Waals surface area contributed by atoms with Gasteiger partial charge in [0.05, 0.1) is 35.7 Å². The molecule has 0 radical (unpaired) electrons. The highest BCUT2D eigenvalue weighted by Crippen LogP contribution is 2.27. The zero-order valence-corrected chi connectivity index (χ0v) is 18.2. The van der Waals surface area contributed by atoms with Crippen LogP contribution in [0.3, 0.4) is 0 Å². The Kier molecular flexibility index (Phi) is 5.66. The molecule has 3 aliphatic rings.